The van der Waals surface area contributed by atoms with Crippen LogP contribution in [-0.2, 0) is 25.7 Å². The molecule has 1 aromatic carbocycles. The monoisotopic (exact) mass is 319 g/mol. The fourth-order valence-corrected chi connectivity index (χ4v) is 2.65. The smallest absolute Gasteiger partial charge is 0.323 e. The third-order valence-corrected chi connectivity index (χ3v) is 3.61. The molecule has 0 radical (unpaired) electrons. The molecule has 0 aliphatic carbocycles. The van der Waals surface area contributed by atoms with Crippen molar-refractivity contribution in [2.45, 2.75) is 51.9 Å². The Kier molecular flexibility index (Phi) is 5.77. The highest BCUT2D eigenvalue weighted by Gasteiger charge is 2.34. The summed E-state index contributed by atoms with van der Waals surface area (Å²) in [6, 6.07) is 9.22. The van der Waals surface area contributed by atoms with Gasteiger partial charge in [-0.05, 0) is 45.7 Å². The molecule has 0 spiro atoms. The van der Waals surface area contributed by atoms with Gasteiger partial charge >= 0.3 is 11.9 Å². The molecule has 1 unspecified atom stereocenters. The predicted molar refractivity (Wildman–Crippen MR) is 86.7 cm³/mol. The van der Waals surface area contributed by atoms with Crippen molar-refractivity contribution in [1.29, 1.82) is 0 Å². The second kappa shape index (κ2) is 7.59. The molecule has 0 amide bonds. The Bertz CT molecular complexity index is 536. The van der Waals surface area contributed by atoms with Crippen LogP contribution in [0.1, 0.15) is 39.2 Å². The van der Waals surface area contributed by atoms with E-state index in [4.69, 9.17) is 9.47 Å². The Hall–Kier alpha value is -1.88. The number of hydrogen-bond donors (Lipinski definition) is 0. The Morgan fingerprint density at radius 1 is 1.22 bits per heavy atom. The summed E-state index contributed by atoms with van der Waals surface area (Å²) in [6.07, 6.45) is 1.60. The summed E-state index contributed by atoms with van der Waals surface area (Å²) in [5.74, 6) is -0.574. The molecule has 5 nitrogen and oxygen atoms in total. The van der Waals surface area contributed by atoms with Gasteiger partial charge in [-0.1, -0.05) is 30.3 Å². The summed E-state index contributed by atoms with van der Waals surface area (Å²) < 4.78 is 10.7. The first kappa shape index (κ1) is 17.5. The van der Waals surface area contributed by atoms with Crippen LogP contribution < -0.4 is 0 Å². The second-order valence-corrected chi connectivity index (χ2v) is 6.81. The van der Waals surface area contributed by atoms with E-state index in [0.717, 1.165) is 18.4 Å². The zero-order valence-corrected chi connectivity index (χ0v) is 14.1. The van der Waals surface area contributed by atoms with Crippen LogP contribution in [0.5, 0.6) is 0 Å². The summed E-state index contributed by atoms with van der Waals surface area (Å²) >= 11 is 0. The van der Waals surface area contributed by atoms with Crippen molar-refractivity contribution in [1.82, 2.24) is 4.90 Å². The highest BCUT2D eigenvalue weighted by atomic mass is 16.6. The number of benzene rings is 1. The third-order valence-electron chi connectivity index (χ3n) is 3.61. The number of carbonyl (C=O) groups excluding carboxylic acids is 2. The number of ether oxygens (including phenoxy) is 2. The maximum atomic E-state index is 12.3. The van der Waals surface area contributed by atoms with Gasteiger partial charge in [0.15, 0.2) is 0 Å². The SMILES string of the molecule is CC(C)(C)OC(=O)CN1CCCC1C(=O)OCc1ccccc1. The molecule has 0 aromatic heterocycles. The van der Waals surface area contributed by atoms with E-state index in [0.29, 0.717) is 6.54 Å². The minimum Gasteiger partial charge on any atom is -0.460 e. The Morgan fingerprint density at radius 2 is 1.91 bits per heavy atom. The molecule has 1 aliphatic heterocycles. The van der Waals surface area contributed by atoms with Crippen molar-refractivity contribution >= 4 is 11.9 Å². The molecular weight excluding hydrogens is 294 g/mol. The molecule has 1 saturated heterocycles. The minimum absolute atomic E-state index is 0.127. The van der Waals surface area contributed by atoms with E-state index in [1.807, 2.05) is 56.0 Å². The maximum absolute atomic E-state index is 12.3. The normalized spacial score (nSPS) is 18.7. The fraction of sp³-hybridized carbons (Fsp3) is 0.556. The summed E-state index contributed by atoms with van der Waals surface area (Å²) in [5.41, 5.74) is 0.442. The van der Waals surface area contributed by atoms with Gasteiger partial charge in [0.2, 0.25) is 0 Å². The van der Waals surface area contributed by atoms with Crippen molar-refractivity contribution < 1.29 is 19.1 Å². The van der Waals surface area contributed by atoms with Crippen LogP contribution in [0.25, 0.3) is 0 Å². The highest BCUT2D eigenvalue weighted by Crippen LogP contribution is 2.19. The Morgan fingerprint density at radius 3 is 2.57 bits per heavy atom. The van der Waals surface area contributed by atoms with Gasteiger partial charge in [0.1, 0.15) is 18.2 Å². The molecule has 1 atom stereocenters. The molecule has 5 heteroatoms. The number of hydrogen-bond acceptors (Lipinski definition) is 5. The van der Waals surface area contributed by atoms with Gasteiger partial charge in [0.05, 0.1) is 6.54 Å². The summed E-state index contributed by atoms with van der Waals surface area (Å²) in [4.78, 5) is 26.1. The van der Waals surface area contributed by atoms with Gasteiger partial charge in [0.25, 0.3) is 0 Å². The summed E-state index contributed by atoms with van der Waals surface area (Å²) in [5, 5.41) is 0. The van der Waals surface area contributed by atoms with Gasteiger partial charge in [-0.15, -0.1) is 0 Å². The Balaban J connectivity index is 1.85. The van der Waals surface area contributed by atoms with Crippen molar-refractivity contribution in [3.8, 4) is 0 Å². The van der Waals surface area contributed by atoms with E-state index >= 15 is 0 Å². The van der Waals surface area contributed by atoms with Gasteiger partial charge in [-0.2, -0.15) is 0 Å². The van der Waals surface area contributed by atoms with E-state index in [9.17, 15) is 9.59 Å². The van der Waals surface area contributed by atoms with Crippen molar-refractivity contribution in [3.63, 3.8) is 0 Å². The molecule has 0 saturated carbocycles. The average molecular weight is 319 g/mol. The van der Waals surface area contributed by atoms with Gasteiger partial charge in [-0.3, -0.25) is 14.5 Å². The predicted octanol–water partition coefficient (Wildman–Crippen LogP) is 2.54. The van der Waals surface area contributed by atoms with Crippen LogP contribution in [0.4, 0.5) is 0 Å². The molecule has 1 aliphatic rings. The molecule has 2 rings (SSSR count). The number of esters is 2. The molecule has 0 N–H and O–H groups in total. The summed E-state index contributed by atoms with van der Waals surface area (Å²) in [6.45, 7) is 6.60. The van der Waals surface area contributed by atoms with E-state index < -0.39 is 5.60 Å². The molecule has 1 fully saturated rings. The number of nitrogens with zero attached hydrogens (tertiary/aromatic N) is 1. The number of carbonyl (C=O) groups is 2. The number of rotatable bonds is 5. The minimum atomic E-state index is -0.514. The third kappa shape index (κ3) is 5.67. The lowest BCUT2D eigenvalue weighted by molar-refractivity contribution is -0.158. The van der Waals surface area contributed by atoms with Crippen LogP contribution in [0.3, 0.4) is 0 Å². The average Bonchev–Trinajstić information content (AvgIpc) is 2.92. The van der Waals surface area contributed by atoms with Crippen molar-refractivity contribution in [2.24, 2.45) is 0 Å². The van der Waals surface area contributed by atoms with Gasteiger partial charge in [0, 0.05) is 0 Å². The van der Waals surface area contributed by atoms with Crippen LogP contribution in [0.2, 0.25) is 0 Å². The zero-order chi connectivity index (χ0) is 16.9. The quantitative estimate of drug-likeness (QED) is 0.781. The van der Waals surface area contributed by atoms with Crippen LogP contribution >= 0.6 is 0 Å². The van der Waals surface area contributed by atoms with Gasteiger partial charge in [-0.25, -0.2) is 0 Å². The maximum Gasteiger partial charge on any atom is 0.323 e. The molecule has 0 bridgehead atoms. The molecular formula is C18H25NO4. The highest BCUT2D eigenvalue weighted by molar-refractivity contribution is 5.78. The fourth-order valence-electron chi connectivity index (χ4n) is 2.65. The van der Waals surface area contributed by atoms with E-state index in [1.165, 1.54) is 0 Å². The van der Waals surface area contributed by atoms with E-state index in [1.54, 1.807) is 0 Å². The topological polar surface area (TPSA) is 55.8 Å². The largest absolute Gasteiger partial charge is 0.460 e. The van der Waals surface area contributed by atoms with Crippen LogP contribution in [0.15, 0.2) is 30.3 Å². The summed E-state index contributed by atoms with van der Waals surface area (Å²) in [7, 11) is 0. The van der Waals surface area contributed by atoms with Crippen LogP contribution in [-0.4, -0.2) is 41.6 Å². The first-order valence-electron chi connectivity index (χ1n) is 8.01. The molecule has 23 heavy (non-hydrogen) atoms. The zero-order valence-electron chi connectivity index (χ0n) is 14.1. The molecule has 1 aromatic rings. The standard InChI is InChI=1S/C18H25NO4/c1-18(2,3)23-16(20)12-19-11-7-10-15(19)17(21)22-13-14-8-5-4-6-9-14/h4-6,8-9,15H,7,10-13H2,1-3H3. The van der Waals surface area contributed by atoms with E-state index in [-0.39, 0.29) is 31.1 Å². The lowest BCUT2D eigenvalue weighted by Crippen LogP contribution is -2.42. The first-order valence-corrected chi connectivity index (χ1v) is 8.01. The first-order chi connectivity index (χ1) is 10.8. The number of likely N-dealkylation sites (tertiary alicyclic amines) is 1. The van der Waals surface area contributed by atoms with E-state index in [2.05, 4.69) is 0 Å². The Labute approximate surface area is 137 Å². The molecule has 126 valence electrons. The molecule has 1 heterocycles. The van der Waals surface area contributed by atoms with Crippen molar-refractivity contribution in [3.05, 3.63) is 35.9 Å². The lowest BCUT2D eigenvalue weighted by atomic mass is 10.2. The van der Waals surface area contributed by atoms with Crippen molar-refractivity contribution in [2.75, 3.05) is 13.1 Å². The second-order valence-electron chi connectivity index (χ2n) is 6.81. The van der Waals surface area contributed by atoms with Gasteiger partial charge < -0.3 is 9.47 Å². The lowest BCUT2D eigenvalue weighted by Gasteiger charge is -2.25. The van der Waals surface area contributed by atoms with Crippen LogP contribution in [0, 0.1) is 0 Å².